The van der Waals surface area contributed by atoms with Crippen LogP contribution in [0.2, 0.25) is 0 Å². The third-order valence-corrected chi connectivity index (χ3v) is 4.84. The molecule has 0 spiro atoms. The SMILES string of the molecule is COc1ccccc1CN(Cc1ccccc1)C(=O)c1ccc(COC(C)C)cc1. The average molecular weight is 404 g/mol. The van der Waals surface area contributed by atoms with Crippen LogP contribution >= 0.6 is 0 Å². The van der Waals surface area contributed by atoms with Gasteiger partial charge in [0.1, 0.15) is 5.75 Å². The summed E-state index contributed by atoms with van der Waals surface area (Å²) in [6.07, 6.45) is 0.175. The molecule has 0 bridgehead atoms. The number of nitrogens with zero attached hydrogens (tertiary/aromatic N) is 1. The molecule has 0 radical (unpaired) electrons. The van der Waals surface area contributed by atoms with Gasteiger partial charge in [0.15, 0.2) is 0 Å². The summed E-state index contributed by atoms with van der Waals surface area (Å²) < 4.78 is 11.1. The number of methoxy groups -OCH3 is 1. The number of benzene rings is 3. The number of rotatable bonds is 9. The van der Waals surface area contributed by atoms with E-state index >= 15 is 0 Å². The van der Waals surface area contributed by atoms with Crippen LogP contribution in [0.3, 0.4) is 0 Å². The molecule has 0 atom stereocenters. The lowest BCUT2D eigenvalue weighted by Crippen LogP contribution is -2.30. The molecule has 0 unspecified atom stereocenters. The van der Waals surface area contributed by atoms with Gasteiger partial charge in [0.2, 0.25) is 0 Å². The summed E-state index contributed by atoms with van der Waals surface area (Å²) in [5.41, 5.74) is 3.78. The van der Waals surface area contributed by atoms with Gasteiger partial charge >= 0.3 is 0 Å². The van der Waals surface area contributed by atoms with Gasteiger partial charge < -0.3 is 14.4 Å². The van der Waals surface area contributed by atoms with E-state index in [2.05, 4.69) is 0 Å². The highest BCUT2D eigenvalue weighted by Crippen LogP contribution is 2.22. The van der Waals surface area contributed by atoms with Crippen molar-refractivity contribution in [3.8, 4) is 5.75 Å². The zero-order valence-electron chi connectivity index (χ0n) is 17.9. The van der Waals surface area contributed by atoms with Gasteiger partial charge in [0.25, 0.3) is 5.91 Å². The molecule has 0 saturated heterocycles. The van der Waals surface area contributed by atoms with E-state index in [1.165, 1.54) is 0 Å². The molecule has 0 heterocycles. The first-order valence-corrected chi connectivity index (χ1v) is 10.2. The molecular formula is C26H29NO3. The van der Waals surface area contributed by atoms with Gasteiger partial charge in [0, 0.05) is 24.2 Å². The molecule has 156 valence electrons. The molecule has 1 amide bonds. The lowest BCUT2D eigenvalue weighted by atomic mass is 10.1. The van der Waals surface area contributed by atoms with Crippen molar-refractivity contribution >= 4 is 5.91 Å². The van der Waals surface area contributed by atoms with Gasteiger partial charge in [-0.15, -0.1) is 0 Å². The molecule has 0 aliphatic carbocycles. The Morgan fingerprint density at radius 3 is 2.17 bits per heavy atom. The molecule has 0 aromatic heterocycles. The van der Waals surface area contributed by atoms with Crippen molar-refractivity contribution in [2.75, 3.05) is 7.11 Å². The van der Waals surface area contributed by atoms with Crippen molar-refractivity contribution in [2.24, 2.45) is 0 Å². The molecule has 0 aliphatic rings. The maximum absolute atomic E-state index is 13.4. The Bertz CT molecular complexity index is 936. The minimum absolute atomic E-state index is 0.0129. The minimum Gasteiger partial charge on any atom is -0.496 e. The third kappa shape index (κ3) is 5.94. The number of carbonyl (C=O) groups excluding carboxylic acids is 1. The van der Waals surface area contributed by atoms with Crippen LogP contribution < -0.4 is 4.74 Å². The second-order valence-electron chi connectivity index (χ2n) is 7.52. The van der Waals surface area contributed by atoms with Crippen molar-refractivity contribution < 1.29 is 14.3 Å². The van der Waals surface area contributed by atoms with E-state index < -0.39 is 0 Å². The molecule has 0 fully saturated rings. The second-order valence-corrected chi connectivity index (χ2v) is 7.52. The smallest absolute Gasteiger partial charge is 0.254 e. The van der Waals surface area contributed by atoms with Crippen molar-refractivity contribution in [2.45, 2.75) is 39.6 Å². The molecule has 0 N–H and O–H groups in total. The number of para-hydroxylation sites is 1. The number of hydrogen-bond acceptors (Lipinski definition) is 3. The van der Waals surface area contributed by atoms with Crippen LogP contribution in [0.4, 0.5) is 0 Å². The summed E-state index contributed by atoms with van der Waals surface area (Å²) in [7, 11) is 1.65. The van der Waals surface area contributed by atoms with E-state index in [1.807, 2.05) is 97.6 Å². The Labute approximate surface area is 179 Å². The Kier molecular flexibility index (Phi) is 7.63. The highest BCUT2D eigenvalue weighted by atomic mass is 16.5. The first-order chi connectivity index (χ1) is 14.6. The summed E-state index contributed by atoms with van der Waals surface area (Å²) >= 11 is 0. The van der Waals surface area contributed by atoms with Gasteiger partial charge in [-0.25, -0.2) is 0 Å². The number of amides is 1. The minimum atomic E-state index is -0.0129. The molecule has 3 aromatic rings. The molecular weight excluding hydrogens is 374 g/mol. The van der Waals surface area contributed by atoms with Crippen molar-refractivity contribution in [3.63, 3.8) is 0 Å². The summed E-state index contributed by atoms with van der Waals surface area (Å²) in [5.74, 6) is 0.769. The predicted octanol–water partition coefficient (Wildman–Crippen LogP) is 5.46. The van der Waals surface area contributed by atoms with Crippen LogP contribution in [0.5, 0.6) is 5.75 Å². The molecule has 4 nitrogen and oxygen atoms in total. The topological polar surface area (TPSA) is 38.8 Å². The largest absolute Gasteiger partial charge is 0.496 e. The van der Waals surface area contributed by atoms with Crippen LogP contribution in [0.25, 0.3) is 0 Å². The molecule has 0 saturated carbocycles. The monoisotopic (exact) mass is 403 g/mol. The highest BCUT2D eigenvalue weighted by molar-refractivity contribution is 5.94. The summed E-state index contributed by atoms with van der Waals surface area (Å²) in [4.78, 5) is 15.2. The maximum atomic E-state index is 13.4. The number of hydrogen-bond donors (Lipinski definition) is 0. The number of ether oxygens (including phenoxy) is 2. The Balaban J connectivity index is 1.82. The van der Waals surface area contributed by atoms with E-state index in [9.17, 15) is 4.79 Å². The summed E-state index contributed by atoms with van der Waals surface area (Å²) in [6, 6.07) is 25.5. The zero-order chi connectivity index (χ0) is 21.3. The Morgan fingerprint density at radius 1 is 0.833 bits per heavy atom. The Morgan fingerprint density at radius 2 is 1.50 bits per heavy atom. The summed E-state index contributed by atoms with van der Waals surface area (Å²) in [6.45, 7) is 5.56. The van der Waals surface area contributed by atoms with E-state index in [1.54, 1.807) is 7.11 Å². The fourth-order valence-electron chi connectivity index (χ4n) is 3.23. The first kappa shape index (κ1) is 21.6. The predicted molar refractivity (Wildman–Crippen MR) is 119 cm³/mol. The quantitative estimate of drug-likeness (QED) is 0.476. The number of carbonyl (C=O) groups is 1. The summed E-state index contributed by atoms with van der Waals surface area (Å²) in [5, 5.41) is 0. The van der Waals surface area contributed by atoms with E-state index in [0.29, 0.717) is 25.3 Å². The van der Waals surface area contributed by atoms with Gasteiger partial charge in [0.05, 0.1) is 19.8 Å². The third-order valence-electron chi connectivity index (χ3n) is 4.84. The van der Waals surface area contributed by atoms with Gasteiger partial charge in [-0.1, -0.05) is 60.7 Å². The molecule has 4 heteroatoms. The molecule has 0 aliphatic heterocycles. The van der Waals surface area contributed by atoms with Crippen molar-refractivity contribution in [1.82, 2.24) is 4.90 Å². The molecule has 30 heavy (non-hydrogen) atoms. The van der Waals surface area contributed by atoms with Crippen molar-refractivity contribution in [1.29, 1.82) is 0 Å². The van der Waals surface area contributed by atoms with Crippen LogP contribution in [0.15, 0.2) is 78.9 Å². The van der Waals surface area contributed by atoms with Crippen molar-refractivity contribution in [3.05, 3.63) is 101 Å². The van der Waals surface area contributed by atoms with Crippen LogP contribution in [-0.2, 0) is 24.4 Å². The fourth-order valence-corrected chi connectivity index (χ4v) is 3.23. The molecule has 3 rings (SSSR count). The maximum Gasteiger partial charge on any atom is 0.254 e. The van der Waals surface area contributed by atoms with E-state index in [4.69, 9.17) is 9.47 Å². The zero-order valence-corrected chi connectivity index (χ0v) is 17.9. The normalized spacial score (nSPS) is 10.8. The van der Waals surface area contributed by atoms with E-state index in [0.717, 1.165) is 22.4 Å². The van der Waals surface area contributed by atoms with Crippen LogP contribution in [0, 0.1) is 0 Å². The lowest BCUT2D eigenvalue weighted by Gasteiger charge is -2.24. The van der Waals surface area contributed by atoms with Crippen LogP contribution in [0.1, 0.15) is 40.9 Å². The fraction of sp³-hybridized carbons (Fsp3) is 0.269. The first-order valence-electron chi connectivity index (χ1n) is 10.2. The average Bonchev–Trinajstić information content (AvgIpc) is 2.78. The van der Waals surface area contributed by atoms with Gasteiger partial charge in [-0.2, -0.15) is 0 Å². The second kappa shape index (κ2) is 10.6. The molecule has 3 aromatic carbocycles. The van der Waals surface area contributed by atoms with E-state index in [-0.39, 0.29) is 12.0 Å². The lowest BCUT2D eigenvalue weighted by molar-refractivity contribution is 0.0655. The Hall–Kier alpha value is -3.11. The van der Waals surface area contributed by atoms with Gasteiger partial charge in [-0.05, 0) is 43.2 Å². The highest BCUT2D eigenvalue weighted by Gasteiger charge is 2.18. The van der Waals surface area contributed by atoms with Gasteiger partial charge in [-0.3, -0.25) is 4.79 Å². The van der Waals surface area contributed by atoms with Crippen LogP contribution in [-0.4, -0.2) is 24.0 Å². The standard InChI is InChI=1S/C26H29NO3/c1-20(2)30-19-22-13-15-23(16-14-22)26(28)27(17-21-9-5-4-6-10-21)18-24-11-7-8-12-25(24)29-3/h4-16,20H,17-19H2,1-3H3.